The number of allylic oxidation sites excluding steroid dienone is 1. The Morgan fingerprint density at radius 3 is 2.37 bits per heavy atom. The van der Waals surface area contributed by atoms with Crippen molar-refractivity contribution >= 4 is 52.8 Å². The average molecular weight is 787 g/mol. The highest BCUT2D eigenvalue weighted by atomic mass is 32.1. The molecule has 6 N–H and O–H groups in total. The second-order valence-corrected chi connectivity index (χ2v) is 13.3. The van der Waals surface area contributed by atoms with Crippen molar-refractivity contribution < 1.29 is 82.7 Å². The molecule has 9 unspecified atom stereocenters. The number of carbonyl (C=O) groups excluding carboxylic acids is 4. The largest absolute Gasteiger partial charge is 0.508 e. The molecule has 0 aromatic carbocycles. The van der Waals surface area contributed by atoms with Gasteiger partial charge in [-0.3, -0.25) is 19.8 Å². The topological polar surface area (TPSA) is 287 Å². The molecule has 1 aliphatic carbocycles. The number of nitrogens with one attached hydrogen (secondary N) is 1. The molecule has 0 bridgehead atoms. The molecule has 0 aromatic rings. The van der Waals surface area contributed by atoms with Gasteiger partial charge in [0, 0.05) is 20.5 Å². The number of carbonyl (C=O) groups is 5. The summed E-state index contributed by atoms with van der Waals surface area (Å²) >= 11 is 4.60. The Kier molecular flexibility index (Phi) is 14.9. The molecule has 3 rings (SSSR count). The van der Waals surface area contributed by atoms with Crippen LogP contribution in [0.1, 0.15) is 60.8 Å². The Bertz CT molecular complexity index is 1610. The molecule has 20 heteroatoms. The van der Waals surface area contributed by atoms with Crippen molar-refractivity contribution in [1.29, 1.82) is 5.41 Å². The van der Waals surface area contributed by atoms with Crippen LogP contribution in [0.2, 0.25) is 0 Å². The van der Waals surface area contributed by atoms with Crippen LogP contribution in [0.3, 0.4) is 0 Å². The Morgan fingerprint density at radius 2 is 1.83 bits per heavy atom. The molecule has 19 nitrogen and oxygen atoms in total. The van der Waals surface area contributed by atoms with E-state index < -0.39 is 132 Å². The first-order valence-corrected chi connectivity index (χ1v) is 17.3. The van der Waals surface area contributed by atoms with E-state index in [4.69, 9.17) is 38.6 Å². The number of aliphatic hydroxyl groups excluding tert-OH is 2. The van der Waals surface area contributed by atoms with Crippen LogP contribution in [0.25, 0.3) is 0 Å². The van der Waals surface area contributed by atoms with Crippen LogP contribution in [-0.4, -0.2) is 146 Å². The zero-order valence-electron chi connectivity index (χ0n) is 30.7. The Balaban J connectivity index is 2.14. The maximum atomic E-state index is 13.3. The van der Waals surface area contributed by atoms with Gasteiger partial charge >= 0.3 is 23.9 Å². The summed E-state index contributed by atoms with van der Waals surface area (Å²) in [6.07, 6.45) is -14.5. The Labute approximate surface area is 315 Å². The number of ketones is 1. The van der Waals surface area contributed by atoms with Gasteiger partial charge in [0.05, 0.1) is 29.7 Å². The zero-order valence-corrected chi connectivity index (χ0v) is 31.5. The maximum absolute atomic E-state index is 13.3. The van der Waals surface area contributed by atoms with E-state index in [1.165, 1.54) is 34.0 Å². The maximum Gasteiger partial charge on any atom is 0.357 e. The van der Waals surface area contributed by atoms with Crippen molar-refractivity contribution in [3.63, 3.8) is 0 Å². The molecule has 12 atom stereocenters. The summed E-state index contributed by atoms with van der Waals surface area (Å²) in [4.78, 5) is 66.3. The van der Waals surface area contributed by atoms with Gasteiger partial charge < -0.3 is 58.7 Å². The number of methoxy groups -OCH3 is 1. The molecule has 3 aliphatic rings. The summed E-state index contributed by atoms with van der Waals surface area (Å²) in [5.74, 6) is -7.65. The lowest BCUT2D eigenvalue weighted by atomic mass is 9.74. The fourth-order valence-electron chi connectivity index (χ4n) is 6.46. The number of hydrogen-bond donors (Lipinski definition) is 6. The Morgan fingerprint density at radius 1 is 1.19 bits per heavy atom. The molecule has 300 valence electrons. The highest BCUT2D eigenvalue weighted by Gasteiger charge is 2.62. The van der Waals surface area contributed by atoms with Crippen LogP contribution in [-0.2, 0) is 57.1 Å². The SMILES string of the molecule is C/C=C(\N=C=S)C(=O)OC1C(COC(C)=O)OC([C@]2(O)CC(=O)C(=N)C(C(=O)O)=C2O)C(O)C1OC1CC(OC)C(O)([C@@H](C)OC(=O)[C@@H](C)CC)C(C)O1. The van der Waals surface area contributed by atoms with Crippen molar-refractivity contribution in [1.82, 2.24) is 0 Å². The van der Waals surface area contributed by atoms with E-state index in [-0.39, 0.29) is 12.1 Å². The van der Waals surface area contributed by atoms with Crippen molar-refractivity contribution in [3.8, 4) is 0 Å². The lowest BCUT2D eigenvalue weighted by Crippen LogP contribution is -2.70. The van der Waals surface area contributed by atoms with E-state index in [1.807, 2.05) is 5.16 Å². The van der Waals surface area contributed by atoms with E-state index in [0.717, 1.165) is 6.92 Å². The van der Waals surface area contributed by atoms with Gasteiger partial charge in [0.15, 0.2) is 35.1 Å². The predicted molar refractivity (Wildman–Crippen MR) is 184 cm³/mol. The van der Waals surface area contributed by atoms with Gasteiger partial charge in [-0.2, -0.15) is 4.99 Å². The van der Waals surface area contributed by atoms with Gasteiger partial charge in [0.2, 0.25) is 0 Å². The summed E-state index contributed by atoms with van der Waals surface area (Å²) in [5.41, 5.74) is -7.74. The number of esters is 3. The fraction of sp³-hybridized carbons (Fsp3) is 0.676. The average Bonchev–Trinajstić information content (AvgIpc) is 3.11. The summed E-state index contributed by atoms with van der Waals surface area (Å²) in [7, 11) is 1.27. The van der Waals surface area contributed by atoms with Crippen molar-refractivity contribution in [3.05, 3.63) is 23.1 Å². The second-order valence-electron chi connectivity index (χ2n) is 13.1. The number of aliphatic carboxylic acids is 1. The standard InChI is InChI=1S/C34H46N2O17S/c1-8-14(3)31(43)50-16(5)34(46)15(4)49-22(10-21(34)47-7)52-27-25(39)29(33(45)11-19(38)24(35)23(28(33)40)30(41)42)51-20(12-48-17(6)37)26(27)53-32(44)18(9-2)36-13-54/h9,14-16,20-22,25-27,29,35,39-40,45-46H,8,10-12H2,1-7H3,(H,41,42)/b18-9-,35-24?/t14-,15?,16+,20?,21?,22?,25?,26?,27?,29?,33-,34?/m0/s1. The van der Waals surface area contributed by atoms with Crippen molar-refractivity contribution in [2.45, 2.75) is 127 Å². The monoisotopic (exact) mass is 786 g/mol. The van der Waals surface area contributed by atoms with Gasteiger partial charge in [-0.1, -0.05) is 19.9 Å². The number of nitrogens with zero attached hydrogens (tertiary/aromatic N) is 1. The number of Topliss-reactive ketones (excluding diaryl/α,β-unsaturated/α-hetero) is 1. The van der Waals surface area contributed by atoms with E-state index in [0.29, 0.717) is 6.42 Å². The smallest absolute Gasteiger partial charge is 0.357 e. The van der Waals surface area contributed by atoms with Gasteiger partial charge in [0.1, 0.15) is 54.2 Å². The van der Waals surface area contributed by atoms with Gasteiger partial charge in [-0.25, -0.2) is 9.59 Å². The van der Waals surface area contributed by atoms with Crippen LogP contribution in [0.15, 0.2) is 28.1 Å². The van der Waals surface area contributed by atoms with Crippen LogP contribution in [0.5, 0.6) is 0 Å². The first kappa shape index (κ1) is 44.4. The molecule has 2 heterocycles. The van der Waals surface area contributed by atoms with E-state index in [2.05, 4.69) is 17.2 Å². The number of thiocarbonyl (C=S) groups is 1. The van der Waals surface area contributed by atoms with Crippen molar-refractivity contribution in [2.75, 3.05) is 13.7 Å². The number of ether oxygens (including phenoxy) is 7. The second kappa shape index (κ2) is 18.1. The first-order valence-electron chi connectivity index (χ1n) is 16.9. The van der Waals surface area contributed by atoms with E-state index in [9.17, 15) is 49.5 Å². The quantitative estimate of drug-likeness (QED) is 0.0458. The normalized spacial score (nSPS) is 34.3. The number of aliphatic imine (C=N–C) groups is 1. The van der Waals surface area contributed by atoms with Crippen LogP contribution < -0.4 is 0 Å². The van der Waals surface area contributed by atoms with Gasteiger partial charge in [0.25, 0.3) is 0 Å². The molecular weight excluding hydrogens is 740 g/mol. The molecule has 0 aromatic heterocycles. The van der Waals surface area contributed by atoms with Gasteiger partial charge in [-0.05, 0) is 39.4 Å². The summed E-state index contributed by atoms with van der Waals surface area (Å²) < 4.78 is 40.0. The number of rotatable bonds is 14. The summed E-state index contributed by atoms with van der Waals surface area (Å²) in [6.45, 7) is 8.03. The third kappa shape index (κ3) is 8.93. The van der Waals surface area contributed by atoms with Crippen LogP contribution >= 0.6 is 12.2 Å². The minimum absolute atomic E-state index is 0.323. The van der Waals surface area contributed by atoms with Crippen LogP contribution in [0, 0.1) is 11.3 Å². The number of isothiocyanates is 1. The number of carboxylic acid groups (broad SMARTS) is 1. The first-order chi connectivity index (χ1) is 25.2. The number of carboxylic acids is 1. The lowest BCUT2D eigenvalue weighted by molar-refractivity contribution is -0.345. The molecule has 0 saturated carbocycles. The zero-order chi connectivity index (χ0) is 40.9. The van der Waals surface area contributed by atoms with Crippen LogP contribution in [0.4, 0.5) is 0 Å². The number of aliphatic hydroxyl groups is 4. The summed E-state index contributed by atoms with van der Waals surface area (Å²) in [5, 5.41) is 66.2. The third-order valence-corrected chi connectivity index (χ3v) is 9.86. The molecule has 2 fully saturated rings. The third-order valence-electron chi connectivity index (χ3n) is 9.77. The van der Waals surface area contributed by atoms with Crippen molar-refractivity contribution in [2.24, 2.45) is 10.9 Å². The lowest BCUT2D eigenvalue weighted by Gasteiger charge is -2.52. The van der Waals surface area contributed by atoms with Gasteiger partial charge in [-0.15, -0.1) is 0 Å². The summed E-state index contributed by atoms with van der Waals surface area (Å²) in [6, 6.07) is 0. The molecule has 2 saturated heterocycles. The molecule has 0 spiro atoms. The minimum atomic E-state index is -3.03. The van der Waals surface area contributed by atoms with E-state index >= 15 is 0 Å². The molecule has 0 radical (unpaired) electrons. The highest BCUT2D eigenvalue weighted by Crippen LogP contribution is 2.42. The van der Waals surface area contributed by atoms with E-state index in [1.54, 1.807) is 13.8 Å². The minimum Gasteiger partial charge on any atom is -0.508 e. The fourth-order valence-corrected chi connectivity index (χ4v) is 6.56. The molecule has 0 amide bonds. The Hall–Kier alpha value is -3.98. The predicted octanol–water partition coefficient (Wildman–Crippen LogP) is 0.461. The molecule has 2 aliphatic heterocycles. The molecular formula is C34H46N2O17S. The highest BCUT2D eigenvalue weighted by molar-refractivity contribution is 7.78. The molecule has 54 heavy (non-hydrogen) atoms. The number of hydrogen-bond acceptors (Lipinski definition) is 19.